The third kappa shape index (κ3) is 11.7. The normalized spacial score (nSPS) is 23.3. The number of amides is 2. The lowest BCUT2D eigenvalue weighted by molar-refractivity contribution is -0.153. The molecule has 0 radical (unpaired) electrons. The number of ether oxygens (including phenoxy) is 1. The van der Waals surface area contributed by atoms with Crippen LogP contribution in [-0.2, 0) is 30.5 Å². The van der Waals surface area contributed by atoms with Gasteiger partial charge in [-0.2, -0.15) is 0 Å². The molecule has 0 saturated heterocycles. The molecule has 238 valence electrons. The van der Waals surface area contributed by atoms with Crippen LogP contribution in [0, 0.1) is 5.92 Å². The van der Waals surface area contributed by atoms with Gasteiger partial charge in [-0.05, 0) is 44.6 Å². The number of allylic oxidation sites excluding steroid dienone is 1. The minimum Gasteiger partial charge on any atom is -0.456 e. The number of cyclic esters (lactones) is 1. The number of carbonyl (C=O) groups excluding carboxylic acids is 4. The number of nitrogens with zero attached hydrogens (tertiary/aromatic N) is 2. The molecule has 2 aliphatic rings. The Morgan fingerprint density at radius 3 is 2.74 bits per heavy atom. The van der Waals surface area contributed by atoms with Crippen LogP contribution in [0.15, 0.2) is 22.5 Å². The number of rotatable bonds is 13. The number of nitrogens with one attached hydrogen (secondary N) is 2. The number of fused-ring (bicyclic) bond motifs is 4. The number of unbranched alkanes of at least 4 members (excludes halogenated alkanes) is 6. The van der Waals surface area contributed by atoms with Crippen LogP contribution in [0.2, 0.25) is 0 Å². The predicted molar refractivity (Wildman–Crippen MR) is 176 cm³/mol. The van der Waals surface area contributed by atoms with Crippen molar-refractivity contribution in [1.29, 1.82) is 0 Å². The fraction of sp³-hybridized carbons (Fsp3) is 0.677. The van der Waals surface area contributed by atoms with Crippen LogP contribution in [0.4, 0.5) is 0 Å². The molecule has 4 bridgehead atoms. The van der Waals surface area contributed by atoms with Crippen LogP contribution in [0.1, 0.15) is 103 Å². The molecule has 1 aromatic heterocycles. The van der Waals surface area contributed by atoms with Crippen molar-refractivity contribution in [2.75, 3.05) is 11.5 Å². The molecule has 2 aliphatic heterocycles. The van der Waals surface area contributed by atoms with E-state index in [4.69, 9.17) is 4.74 Å². The number of hydrogen-bond donors (Lipinski definition) is 2. The highest BCUT2D eigenvalue weighted by molar-refractivity contribution is 8.14. The summed E-state index contributed by atoms with van der Waals surface area (Å²) in [6, 6.07) is -0.882. The molecular weight excluding hydrogens is 605 g/mol. The first-order valence-electron chi connectivity index (χ1n) is 15.4. The second-order valence-corrected chi connectivity index (χ2v) is 14.6. The number of thioether (sulfide) groups is 2. The van der Waals surface area contributed by atoms with Crippen LogP contribution < -0.4 is 10.6 Å². The minimum atomic E-state index is -1.03. The molecule has 2 amide bonds. The van der Waals surface area contributed by atoms with E-state index >= 15 is 0 Å². The fourth-order valence-electron chi connectivity index (χ4n) is 4.57. The Hall–Kier alpha value is -2.18. The smallest absolute Gasteiger partial charge is 0.329 e. The van der Waals surface area contributed by atoms with Crippen molar-refractivity contribution in [3.63, 3.8) is 0 Å². The van der Waals surface area contributed by atoms with E-state index < -0.39 is 23.7 Å². The average molecular weight is 651 g/mol. The average Bonchev–Trinajstić information content (AvgIpc) is 3.60. The van der Waals surface area contributed by atoms with Gasteiger partial charge in [0.2, 0.25) is 11.8 Å². The number of carbonyl (C=O) groups is 4. The molecule has 0 unspecified atom stereocenters. The summed E-state index contributed by atoms with van der Waals surface area (Å²) in [5.74, 6) is -0.183. The van der Waals surface area contributed by atoms with Crippen molar-refractivity contribution in [2.24, 2.45) is 10.9 Å². The van der Waals surface area contributed by atoms with Gasteiger partial charge in [-0.3, -0.25) is 19.4 Å². The van der Waals surface area contributed by atoms with Crippen molar-refractivity contribution in [3.05, 3.63) is 28.2 Å². The lowest BCUT2D eigenvalue weighted by Crippen LogP contribution is -2.53. The van der Waals surface area contributed by atoms with E-state index in [2.05, 4.69) is 27.5 Å². The molecule has 43 heavy (non-hydrogen) atoms. The summed E-state index contributed by atoms with van der Waals surface area (Å²) < 4.78 is 5.80. The molecule has 0 aromatic carbocycles. The Balaban J connectivity index is 1.58. The quantitative estimate of drug-likeness (QED) is 0.156. The zero-order chi connectivity index (χ0) is 31.2. The van der Waals surface area contributed by atoms with E-state index in [1.54, 1.807) is 13.0 Å². The van der Waals surface area contributed by atoms with Crippen molar-refractivity contribution in [1.82, 2.24) is 15.6 Å². The van der Waals surface area contributed by atoms with Gasteiger partial charge in [0, 0.05) is 23.3 Å². The third-order valence-corrected chi connectivity index (χ3v) is 10.4. The van der Waals surface area contributed by atoms with Crippen molar-refractivity contribution < 1.29 is 23.9 Å². The van der Waals surface area contributed by atoms with Gasteiger partial charge in [0.05, 0.1) is 13.0 Å². The number of thiazole rings is 1. The molecule has 3 rings (SSSR count). The topological polar surface area (TPSA) is 127 Å². The molecular formula is C31H46N4O5S3. The molecule has 0 fully saturated rings. The number of aliphatic imine (C=N–C) groups is 1. The first-order chi connectivity index (χ1) is 20.6. The van der Waals surface area contributed by atoms with Crippen molar-refractivity contribution >= 4 is 62.8 Å². The van der Waals surface area contributed by atoms with Gasteiger partial charge in [-0.25, -0.2) is 9.78 Å². The van der Waals surface area contributed by atoms with Gasteiger partial charge >= 0.3 is 5.97 Å². The third-order valence-electron chi connectivity index (χ3n) is 7.26. The lowest BCUT2D eigenvalue weighted by atomic mass is 10.0. The van der Waals surface area contributed by atoms with Gasteiger partial charge in [0.25, 0.3) is 0 Å². The second kappa shape index (κ2) is 17.9. The number of aromatic nitrogens is 1. The monoisotopic (exact) mass is 650 g/mol. The molecule has 0 aliphatic carbocycles. The van der Waals surface area contributed by atoms with E-state index in [0.29, 0.717) is 22.9 Å². The first kappa shape index (κ1) is 35.3. The molecule has 0 saturated carbocycles. The van der Waals surface area contributed by atoms with E-state index in [1.165, 1.54) is 54.1 Å². The molecule has 2 N–H and O–H groups in total. The van der Waals surface area contributed by atoms with Gasteiger partial charge in [-0.1, -0.05) is 64.3 Å². The summed E-state index contributed by atoms with van der Waals surface area (Å²) in [6.07, 6.45) is 11.8. The zero-order valence-electron chi connectivity index (χ0n) is 25.8. The highest BCUT2D eigenvalue weighted by atomic mass is 32.2. The zero-order valence-corrected chi connectivity index (χ0v) is 28.3. The summed E-state index contributed by atoms with van der Waals surface area (Å²) in [7, 11) is 0. The molecule has 3 atom stereocenters. The largest absolute Gasteiger partial charge is 0.456 e. The molecule has 12 heteroatoms. The summed E-state index contributed by atoms with van der Waals surface area (Å²) >= 11 is 4.29. The Morgan fingerprint density at radius 1 is 1.19 bits per heavy atom. The molecule has 0 spiro atoms. The molecule has 3 heterocycles. The van der Waals surface area contributed by atoms with E-state index in [9.17, 15) is 19.2 Å². The lowest BCUT2D eigenvalue weighted by Gasteiger charge is -2.27. The summed E-state index contributed by atoms with van der Waals surface area (Å²) in [4.78, 5) is 60.8. The maximum atomic E-state index is 13.3. The van der Waals surface area contributed by atoms with Crippen molar-refractivity contribution in [3.8, 4) is 0 Å². The van der Waals surface area contributed by atoms with Crippen LogP contribution in [0.3, 0.4) is 0 Å². The van der Waals surface area contributed by atoms with Gasteiger partial charge in [-0.15, -0.1) is 23.1 Å². The van der Waals surface area contributed by atoms with Gasteiger partial charge < -0.3 is 15.4 Å². The minimum absolute atomic E-state index is 0.0396. The number of hydrogen-bond acceptors (Lipinski definition) is 10. The Kier molecular flexibility index (Phi) is 14.7. The van der Waals surface area contributed by atoms with E-state index in [1.807, 2.05) is 25.3 Å². The summed E-state index contributed by atoms with van der Waals surface area (Å²) in [5.41, 5.74) is -0.340. The predicted octanol–water partition coefficient (Wildman–Crippen LogP) is 5.81. The fourth-order valence-corrected chi connectivity index (χ4v) is 7.36. The van der Waals surface area contributed by atoms with Crippen LogP contribution in [0.25, 0.3) is 0 Å². The van der Waals surface area contributed by atoms with Crippen molar-refractivity contribution in [2.45, 2.75) is 116 Å². The Morgan fingerprint density at radius 2 is 1.98 bits per heavy atom. The molecule has 1 aromatic rings. The maximum Gasteiger partial charge on any atom is 0.329 e. The first-order valence-corrected chi connectivity index (χ1v) is 18.2. The van der Waals surface area contributed by atoms with E-state index in [0.717, 1.165) is 42.9 Å². The molecule has 9 nitrogen and oxygen atoms in total. The highest BCUT2D eigenvalue weighted by Crippen LogP contribution is 2.32. The standard InChI is InChI=1S/C31H46N4O5S3/c1-5-6-7-8-12-15-26(37)41-16-13-10-9-11-14-22-17-24(36)32-18-25-33-23(19-42-25)28-35-31(4,20-43-28)30(39)34-27(21(2)3)29(38)40-22/h11,14,19,21-22,27H,5-10,12-13,15-18,20H2,1-4H3,(H,32,36)(H,34,39)/b14-11+/t22-,27+,31+/m1/s1. The Labute approximate surface area is 268 Å². The summed E-state index contributed by atoms with van der Waals surface area (Å²) in [5, 5.41) is 9.30. The van der Waals surface area contributed by atoms with Gasteiger partial charge in [0.15, 0.2) is 5.12 Å². The van der Waals surface area contributed by atoms with Gasteiger partial charge in [0.1, 0.15) is 33.4 Å². The number of esters is 1. The Bertz CT molecular complexity index is 1170. The van der Waals surface area contributed by atoms with Crippen LogP contribution in [-0.4, -0.2) is 62.1 Å². The van der Waals surface area contributed by atoms with Crippen LogP contribution in [0.5, 0.6) is 0 Å². The maximum absolute atomic E-state index is 13.3. The summed E-state index contributed by atoms with van der Waals surface area (Å²) in [6.45, 7) is 7.89. The van der Waals surface area contributed by atoms with Crippen LogP contribution >= 0.6 is 34.9 Å². The highest BCUT2D eigenvalue weighted by Gasteiger charge is 2.41. The van der Waals surface area contributed by atoms with E-state index in [-0.39, 0.29) is 35.8 Å². The second-order valence-electron chi connectivity index (χ2n) is 11.6. The SMILES string of the molecule is CCCCCCCC(=O)SCCCC/C=C/[C@@H]1CC(=O)NCc2nc(cs2)C2=N[C@@](C)(CS2)C(=O)N[C@@H](C(C)C)C(=O)O1.